The van der Waals surface area contributed by atoms with Gasteiger partial charge in [0.25, 0.3) is 0 Å². The predicted molar refractivity (Wildman–Crippen MR) is 75.0 cm³/mol. The molecule has 0 radical (unpaired) electrons. The molecule has 18 heavy (non-hydrogen) atoms. The van der Waals surface area contributed by atoms with Crippen LogP contribution >= 0.6 is 0 Å². The van der Waals surface area contributed by atoms with Crippen LogP contribution in [-0.4, -0.2) is 10.9 Å². The van der Waals surface area contributed by atoms with Gasteiger partial charge in [0, 0.05) is 5.56 Å². The Bertz CT molecular complexity index is 553. The molecular formula is C16H15NO. The first-order chi connectivity index (χ1) is 8.79. The van der Waals surface area contributed by atoms with Crippen LogP contribution in [0.4, 0.5) is 0 Å². The van der Waals surface area contributed by atoms with Gasteiger partial charge >= 0.3 is 0 Å². The third-order valence-electron chi connectivity index (χ3n) is 2.69. The number of oxime groups is 1. The number of benzene rings is 2. The second kappa shape index (κ2) is 5.82. The summed E-state index contributed by atoms with van der Waals surface area (Å²) in [5, 5.41) is 12.4. The lowest BCUT2D eigenvalue weighted by molar-refractivity contribution is 0.320. The molecule has 90 valence electrons. The third kappa shape index (κ3) is 3.08. The first-order valence-electron chi connectivity index (χ1n) is 5.82. The minimum Gasteiger partial charge on any atom is -0.410 e. The molecular weight excluding hydrogens is 222 g/mol. The summed E-state index contributed by atoms with van der Waals surface area (Å²) in [5.74, 6) is 0. The summed E-state index contributed by atoms with van der Waals surface area (Å²) >= 11 is 0. The van der Waals surface area contributed by atoms with E-state index in [1.165, 1.54) is 5.56 Å². The second-order valence-electron chi connectivity index (χ2n) is 4.10. The summed E-state index contributed by atoms with van der Waals surface area (Å²) in [7, 11) is 0. The normalized spacial score (nSPS) is 11.9. The summed E-state index contributed by atoms with van der Waals surface area (Å²) in [6.45, 7) is 2.03. The van der Waals surface area contributed by atoms with Crippen LogP contribution in [0.3, 0.4) is 0 Å². The van der Waals surface area contributed by atoms with Crippen molar-refractivity contribution in [3.8, 4) is 0 Å². The van der Waals surface area contributed by atoms with Crippen LogP contribution in [-0.2, 0) is 0 Å². The van der Waals surface area contributed by atoms with E-state index in [-0.39, 0.29) is 0 Å². The van der Waals surface area contributed by atoms with Crippen LogP contribution in [0.2, 0.25) is 0 Å². The number of rotatable bonds is 3. The lowest BCUT2D eigenvalue weighted by Crippen LogP contribution is -1.96. The Labute approximate surface area is 107 Å². The van der Waals surface area contributed by atoms with Gasteiger partial charge in [0.1, 0.15) is 5.71 Å². The van der Waals surface area contributed by atoms with Crippen molar-refractivity contribution >= 4 is 11.8 Å². The van der Waals surface area contributed by atoms with E-state index >= 15 is 0 Å². The molecule has 0 aromatic heterocycles. The maximum absolute atomic E-state index is 9.06. The molecule has 2 aromatic rings. The zero-order valence-corrected chi connectivity index (χ0v) is 10.2. The molecule has 0 atom stereocenters. The van der Waals surface area contributed by atoms with Crippen LogP contribution in [0.1, 0.15) is 16.7 Å². The molecule has 0 amide bonds. The van der Waals surface area contributed by atoms with Crippen LogP contribution < -0.4 is 0 Å². The fraction of sp³-hybridized carbons (Fsp3) is 0.0625. The Kier molecular flexibility index (Phi) is 3.92. The Morgan fingerprint density at radius 2 is 1.67 bits per heavy atom. The lowest BCUT2D eigenvalue weighted by Gasteiger charge is -2.00. The van der Waals surface area contributed by atoms with Gasteiger partial charge in [-0.1, -0.05) is 71.4 Å². The van der Waals surface area contributed by atoms with Crippen molar-refractivity contribution in [3.63, 3.8) is 0 Å². The lowest BCUT2D eigenvalue weighted by atomic mass is 10.1. The first-order valence-corrected chi connectivity index (χ1v) is 5.82. The van der Waals surface area contributed by atoms with Crippen molar-refractivity contribution in [2.45, 2.75) is 6.92 Å². The van der Waals surface area contributed by atoms with E-state index in [4.69, 9.17) is 5.21 Å². The fourth-order valence-corrected chi connectivity index (χ4v) is 1.65. The van der Waals surface area contributed by atoms with Crippen molar-refractivity contribution in [3.05, 3.63) is 77.4 Å². The Morgan fingerprint density at radius 1 is 1.00 bits per heavy atom. The second-order valence-corrected chi connectivity index (χ2v) is 4.10. The molecule has 0 heterocycles. The van der Waals surface area contributed by atoms with Gasteiger partial charge in [0.15, 0.2) is 0 Å². The Morgan fingerprint density at radius 3 is 2.28 bits per heavy atom. The number of allylic oxidation sites excluding steroid dienone is 1. The largest absolute Gasteiger partial charge is 0.410 e. The van der Waals surface area contributed by atoms with Crippen molar-refractivity contribution in [1.82, 2.24) is 0 Å². The summed E-state index contributed by atoms with van der Waals surface area (Å²) in [6, 6.07) is 17.8. The number of nitrogens with zero attached hydrogens (tertiary/aromatic N) is 1. The molecule has 0 fully saturated rings. The summed E-state index contributed by atoms with van der Waals surface area (Å²) < 4.78 is 0. The maximum Gasteiger partial charge on any atom is 0.109 e. The van der Waals surface area contributed by atoms with Crippen molar-refractivity contribution < 1.29 is 5.21 Å². The molecule has 0 saturated heterocycles. The zero-order chi connectivity index (χ0) is 12.8. The highest BCUT2D eigenvalue weighted by Gasteiger charge is 1.99. The fourth-order valence-electron chi connectivity index (χ4n) is 1.65. The molecule has 0 unspecified atom stereocenters. The Hall–Kier alpha value is -2.35. The van der Waals surface area contributed by atoms with Crippen molar-refractivity contribution in [2.24, 2.45) is 5.16 Å². The summed E-state index contributed by atoms with van der Waals surface area (Å²) in [4.78, 5) is 0. The number of aryl methyl sites for hydroxylation is 1. The SMILES string of the molecule is Cc1ccc(C(C=Cc2ccccc2)=NO)cc1. The van der Waals surface area contributed by atoms with Crippen LogP contribution in [0.5, 0.6) is 0 Å². The molecule has 0 aliphatic heterocycles. The highest BCUT2D eigenvalue weighted by atomic mass is 16.4. The van der Waals surface area contributed by atoms with Gasteiger partial charge in [-0.15, -0.1) is 0 Å². The van der Waals surface area contributed by atoms with Crippen LogP contribution in [0.25, 0.3) is 6.08 Å². The summed E-state index contributed by atoms with van der Waals surface area (Å²) in [6.07, 6.45) is 3.73. The van der Waals surface area contributed by atoms with E-state index in [0.717, 1.165) is 11.1 Å². The van der Waals surface area contributed by atoms with Gasteiger partial charge in [0.2, 0.25) is 0 Å². The monoisotopic (exact) mass is 237 g/mol. The van der Waals surface area contributed by atoms with Crippen molar-refractivity contribution in [1.29, 1.82) is 0 Å². The maximum atomic E-state index is 9.06. The molecule has 2 rings (SSSR count). The zero-order valence-electron chi connectivity index (χ0n) is 10.2. The Balaban J connectivity index is 2.21. The molecule has 1 N–H and O–H groups in total. The molecule has 0 spiro atoms. The number of hydrogen-bond donors (Lipinski definition) is 1. The van der Waals surface area contributed by atoms with Gasteiger partial charge in [0.05, 0.1) is 0 Å². The van der Waals surface area contributed by atoms with E-state index in [0.29, 0.717) is 5.71 Å². The van der Waals surface area contributed by atoms with Gasteiger partial charge in [-0.3, -0.25) is 0 Å². The van der Waals surface area contributed by atoms with Gasteiger partial charge in [-0.2, -0.15) is 0 Å². The molecule has 2 heteroatoms. The minimum absolute atomic E-state index is 0.554. The van der Waals surface area contributed by atoms with E-state index in [9.17, 15) is 0 Å². The molecule has 0 bridgehead atoms. The van der Waals surface area contributed by atoms with E-state index < -0.39 is 0 Å². The highest BCUT2D eigenvalue weighted by Crippen LogP contribution is 2.08. The molecule has 0 aliphatic rings. The quantitative estimate of drug-likeness (QED) is 0.490. The average Bonchev–Trinajstić information content (AvgIpc) is 2.42. The predicted octanol–water partition coefficient (Wildman–Crippen LogP) is 3.89. The molecule has 0 saturated carbocycles. The average molecular weight is 237 g/mol. The van der Waals surface area contributed by atoms with Crippen molar-refractivity contribution in [2.75, 3.05) is 0 Å². The van der Waals surface area contributed by atoms with E-state index in [1.54, 1.807) is 6.08 Å². The summed E-state index contributed by atoms with van der Waals surface area (Å²) in [5.41, 5.74) is 3.71. The van der Waals surface area contributed by atoms with Crippen LogP contribution in [0, 0.1) is 6.92 Å². The van der Waals surface area contributed by atoms with Crippen LogP contribution in [0.15, 0.2) is 65.8 Å². The topological polar surface area (TPSA) is 32.6 Å². The first kappa shape index (κ1) is 12.1. The third-order valence-corrected chi connectivity index (χ3v) is 2.69. The molecule has 2 nitrogen and oxygen atoms in total. The van der Waals surface area contributed by atoms with E-state index in [1.807, 2.05) is 67.6 Å². The molecule has 2 aromatic carbocycles. The molecule has 0 aliphatic carbocycles. The highest BCUT2D eigenvalue weighted by molar-refractivity contribution is 6.10. The standard InChI is InChI=1S/C16H15NO/c1-13-7-10-15(11-8-13)16(17-18)12-9-14-5-3-2-4-6-14/h2-12,18H,1H3. The van der Waals surface area contributed by atoms with Gasteiger partial charge in [-0.05, 0) is 18.6 Å². The van der Waals surface area contributed by atoms with Gasteiger partial charge < -0.3 is 5.21 Å². The number of hydrogen-bond acceptors (Lipinski definition) is 2. The van der Waals surface area contributed by atoms with Gasteiger partial charge in [-0.25, -0.2) is 0 Å². The smallest absolute Gasteiger partial charge is 0.109 e. The minimum atomic E-state index is 0.554. The van der Waals surface area contributed by atoms with E-state index in [2.05, 4.69) is 5.16 Å².